The summed E-state index contributed by atoms with van der Waals surface area (Å²) in [6, 6.07) is 2.37. The quantitative estimate of drug-likeness (QED) is 0.632. The fourth-order valence-corrected chi connectivity index (χ4v) is 0.982. The first kappa shape index (κ1) is 8.50. The molecule has 1 aromatic heterocycles. The van der Waals surface area contributed by atoms with Gasteiger partial charge in [-0.25, -0.2) is 0 Å². The Labute approximate surface area is 72.4 Å². The smallest absolute Gasteiger partial charge is 0.366 e. The third-order valence-electron chi connectivity index (χ3n) is 1.78. The highest BCUT2D eigenvalue weighted by Crippen LogP contribution is 2.32. The molecular weight excluding hydrogens is 183 g/mol. The lowest BCUT2D eigenvalue weighted by molar-refractivity contribution is -0.137. The molecule has 2 nitrogen and oxygen atoms in total. The van der Waals surface area contributed by atoms with Crippen LogP contribution < -0.4 is 0 Å². The number of nitrogens with zero attached hydrogens (tertiary/aromatic N) is 1. The lowest BCUT2D eigenvalue weighted by Crippen LogP contribution is -2.05. The Balaban J connectivity index is 2.22. The molecule has 2 heterocycles. The fourth-order valence-electron chi connectivity index (χ4n) is 0.982. The van der Waals surface area contributed by atoms with Gasteiger partial charge in [0.05, 0.1) is 17.9 Å². The zero-order chi connectivity index (χ0) is 9.47. The summed E-state index contributed by atoms with van der Waals surface area (Å²) in [6.07, 6.45) is -3.57. The summed E-state index contributed by atoms with van der Waals surface area (Å²) in [7, 11) is 0. The van der Waals surface area contributed by atoms with Crippen LogP contribution in [0, 0.1) is 0 Å². The summed E-state index contributed by atoms with van der Waals surface area (Å²) in [5.41, 5.74) is -0.162. The summed E-state index contributed by atoms with van der Waals surface area (Å²) >= 11 is 0. The first-order valence-electron chi connectivity index (χ1n) is 3.72. The zero-order valence-corrected chi connectivity index (χ0v) is 6.51. The highest BCUT2D eigenvalue weighted by Gasteiger charge is 2.32. The van der Waals surface area contributed by atoms with Crippen LogP contribution in [-0.2, 0) is 10.9 Å². The number of aromatic nitrogens is 1. The van der Waals surface area contributed by atoms with E-state index in [4.69, 9.17) is 4.74 Å². The molecule has 0 aliphatic carbocycles. The number of rotatable bonds is 1. The topological polar surface area (TPSA) is 25.4 Å². The number of hydrogen-bond donors (Lipinski definition) is 0. The number of alkyl halides is 3. The van der Waals surface area contributed by atoms with E-state index in [2.05, 4.69) is 4.98 Å². The SMILES string of the molecule is FC(F)(F)c1ccc([C@H]2CO2)nc1. The van der Waals surface area contributed by atoms with E-state index in [1.165, 1.54) is 6.07 Å². The van der Waals surface area contributed by atoms with Gasteiger partial charge in [0.1, 0.15) is 6.10 Å². The lowest BCUT2D eigenvalue weighted by Gasteiger charge is -2.05. The standard InChI is InChI=1S/C8H6F3NO/c9-8(10,11)5-1-2-6(12-3-5)7-4-13-7/h1-3,7H,4H2/t7-/m1/s1. The molecule has 1 aliphatic heterocycles. The van der Waals surface area contributed by atoms with E-state index in [1.54, 1.807) is 0 Å². The van der Waals surface area contributed by atoms with E-state index in [0.29, 0.717) is 12.3 Å². The summed E-state index contributed by atoms with van der Waals surface area (Å²) in [4.78, 5) is 3.66. The van der Waals surface area contributed by atoms with E-state index in [-0.39, 0.29) is 6.10 Å². The Morgan fingerprint density at radius 2 is 2.08 bits per heavy atom. The monoisotopic (exact) mass is 189 g/mol. The molecule has 1 atom stereocenters. The van der Waals surface area contributed by atoms with Crippen LogP contribution >= 0.6 is 0 Å². The molecule has 0 saturated carbocycles. The van der Waals surface area contributed by atoms with Gasteiger partial charge in [-0.3, -0.25) is 4.98 Å². The van der Waals surface area contributed by atoms with Crippen molar-refractivity contribution in [2.24, 2.45) is 0 Å². The number of ether oxygens (including phenoxy) is 1. The van der Waals surface area contributed by atoms with E-state index in [1.807, 2.05) is 0 Å². The van der Waals surface area contributed by atoms with Gasteiger partial charge in [0.25, 0.3) is 0 Å². The third kappa shape index (κ3) is 1.80. The van der Waals surface area contributed by atoms with Crippen LogP contribution in [0.5, 0.6) is 0 Å². The first-order chi connectivity index (χ1) is 6.07. The largest absolute Gasteiger partial charge is 0.417 e. The van der Waals surface area contributed by atoms with Crippen LogP contribution in [0.1, 0.15) is 17.4 Å². The van der Waals surface area contributed by atoms with Crippen molar-refractivity contribution < 1.29 is 17.9 Å². The van der Waals surface area contributed by atoms with Gasteiger partial charge in [-0.2, -0.15) is 13.2 Å². The molecule has 0 amide bonds. The maximum Gasteiger partial charge on any atom is 0.417 e. The molecule has 5 heteroatoms. The second kappa shape index (κ2) is 2.70. The summed E-state index contributed by atoms with van der Waals surface area (Å²) < 4.78 is 41.1. The molecule has 0 spiro atoms. The second-order valence-electron chi connectivity index (χ2n) is 2.79. The van der Waals surface area contributed by atoms with Crippen LogP contribution in [0.15, 0.2) is 18.3 Å². The Hall–Kier alpha value is -1.10. The molecule has 0 N–H and O–H groups in total. The maximum absolute atomic E-state index is 12.1. The Morgan fingerprint density at radius 1 is 1.38 bits per heavy atom. The van der Waals surface area contributed by atoms with Crippen LogP contribution in [0.25, 0.3) is 0 Å². The predicted octanol–water partition coefficient (Wildman–Crippen LogP) is 2.17. The molecular formula is C8H6F3NO. The van der Waals surface area contributed by atoms with Gasteiger partial charge < -0.3 is 4.74 Å². The maximum atomic E-state index is 12.1. The van der Waals surface area contributed by atoms with Gasteiger partial charge in [0.15, 0.2) is 0 Å². The molecule has 1 saturated heterocycles. The van der Waals surface area contributed by atoms with Crippen LogP contribution in [0.2, 0.25) is 0 Å². The minimum atomic E-state index is -4.31. The molecule has 0 bridgehead atoms. The number of pyridine rings is 1. The zero-order valence-electron chi connectivity index (χ0n) is 6.51. The predicted molar refractivity (Wildman–Crippen MR) is 37.9 cm³/mol. The molecule has 13 heavy (non-hydrogen) atoms. The molecule has 1 fully saturated rings. The van der Waals surface area contributed by atoms with Gasteiger partial charge >= 0.3 is 6.18 Å². The number of epoxide rings is 1. The second-order valence-corrected chi connectivity index (χ2v) is 2.79. The van der Waals surface area contributed by atoms with Crippen LogP contribution in [0.4, 0.5) is 13.2 Å². The fraction of sp³-hybridized carbons (Fsp3) is 0.375. The van der Waals surface area contributed by atoms with Crippen molar-refractivity contribution in [1.29, 1.82) is 0 Å². The average Bonchev–Trinajstić information content (AvgIpc) is 2.85. The Kier molecular flexibility index (Phi) is 1.76. The summed E-state index contributed by atoms with van der Waals surface area (Å²) in [6.45, 7) is 0.554. The molecule has 0 aromatic carbocycles. The molecule has 2 rings (SSSR count). The van der Waals surface area contributed by atoms with Crippen molar-refractivity contribution in [1.82, 2.24) is 4.98 Å². The lowest BCUT2D eigenvalue weighted by atomic mass is 10.2. The highest BCUT2D eigenvalue weighted by molar-refractivity contribution is 5.19. The van der Waals surface area contributed by atoms with Gasteiger partial charge in [-0.1, -0.05) is 0 Å². The van der Waals surface area contributed by atoms with E-state index < -0.39 is 11.7 Å². The van der Waals surface area contributed by atoms with Crippen molar-refractivity contribution in [3.8, 4) is 0 Å². The van der Waals surface area contributed by atoms with Crippen molar-refractivity contribution in [2.45, 2.75) is 12.3 Å². The molecule has 70 valence electrons. The third-order valence-corrected chi connectivity index (χ3v) is 1.78. The van der Waals surface area contributed by atoms with E-state index in [0.717, 1.165) is 12.3 Å². The van der Waals surface area contributed by atoms with Crippen molar-refractivity contribution >= 4 is 0 Å². The summed E-state index contributed by atoms with van der Waals surface area (Å²) in [5.74, 6) is 0. The Bertz CT molecular complexity index is 302. The molecule has 1 aromatic rings. The average molecular weight is 189 g/mol. The minimum Gasteiger partial charge on any atom is -0.366 e. The van der Waals surface area contributed by atoms with Crippen LogP contribution in [-0.4, -0.2) is 11.6 Å². The first-order valence-corrected chi connectivity index (χ1v) is 3.72. The normalized spacial score (nSPS) is 21.6. The van der Waals surface area contributed by atoms with Crippen molar-refractivity contribution in [3.63, 3.8) is 0 Å². The number of hydrogen-bond acceptors (Lipinski definition) is 2. The van der Waals surface area contributed by atoms with Crippen molar-refractivity contribution in [3.05, 3.63) is 29.6 Å². The summed E-state index contributed by atoms with van der Waals surface area (Å²) in [5, 5.41) is 0. The van der Waals surface area contributed by atoms with Crippen molar-refractivity contribution in [2.75, 3.05) is 6.61 Å². The van der Waals surface area contributed by atoms with Gasteiger partial charge in [0.2, 0.25) is 0 Å². The van der Waals surface area contributed by atoms with Gasteiger partial charge in [0, 0.05) is 6.20 Å². The molecule has 0 radical (unpaired) electrons. The van der Waals surface area contributed by atoms with Crippen LogP contribution in [0.3, 0.4) is 0 Å². The van der Waals surface area contributed by atoms with Gasteiger partial charge in [-0.15, -0.1) is 0 Å². The molecule has 1 aliphatic rings. The minimum absolute atomic E-state index is 0.0951. The molecule has 0 unspecified atom stereocenters. The number of halogens is 3. The van der Waals surface area contributed by atoms with E-state index in [9.17, 15) is 13.2 Å². The van der Waals surface area contributed by atoms with Gasteiger partial charge in [-0.05, 0) is 12.1 Å². The van der Waals surface area contributed by atoms with E-state index >= 15 is 0 Å². The highest BCUT2D eigenvalue weighted by atomic mass is 19.4. The Morgan fingerprint density at radius 3 is 2.46 bits per heavy atom.